The molecule has 0 saturated carbocycles. The summed E-state index contributed by atoms with van der Waals surface area (Å²) in [5.41, 5.74) is 1.28. The summed E-state index contributed by atoms with van der Waals surface area (Å²) in [6.07, 6.45) is 1.66. The summed E-state index contributed by atoms with van der Waals surface area (Å²) >= 11 is 7.12. The van der Waals surface area contributed by atoms with E-state index in [-0.39, 0.29) is 5.78 Å². The first kappa shape index (κ1) is 15.1. The average Bonchev–Trinajstić information content (AvgIpc) is 2.87. The summed E-state index contributed by atoms with van der Waals surface area (Å²) < 4.78 is 6.30. The molecule has 0 aliphatic carbocycles. The lowest BCUT2D eigenvalue weighted by molar-refractivity contribution is 0.0822. The third kappa shape index (κ3) is 3.84. The van der Waals surface area contributed by atoms with Crippen LogP contribution >= 0.6 is 22.9 Å². The molecule has 0 spiro atoms. The number of carbonyl (C=O) groups excluding carboxylic acids is 1. The molecule has 1 aromatic carbocycles. The predicted octanol–water partition coefficient (Wildman–Crippen LogP) is 5.00. The summed E-state index contributed by atoms with van der Waals surface area (Å²) in [5, 5.41) is 0. The smallest absolute Gasteiger partial charge is 0.212 e. The summed E-state index contributed by atoms with van der Waals surface area (Å²) in [6.45, 7) is 3.91. The first-order chi connectivity index (χ1) is 9.60. The number of hydrogen-bond acceptors (Lipinski definition) is 3. The van der Waals surface area contributed by atoms with Gasteiger partial charge in [0.25, 0.3) is 0 Å². The number of halogens is 1. The molecule has 0 aliphatic heterocycles. The second-order valence-corrected chi connectivity index (χ2v) is 6.34. The number of ketones is 1. The van der Waals surface area contributed by atoms with Crippen LogP contribution in [0.3, 0.4) is 0 Å². The van der Waals surface area contributed by atoms with Gasteiger partial charge in [0.15, 0.2) is 6.10 Å². The highest BCUT2D eigenvalue weighted by molar-refractivity contribution is 7.18. The topological polar surface area (TPSA) is 26.3 Å². The largest absolute Gasteiger partial charge is 0.483 e. The highest BCUT2D eigenvalue weighted by Gasteiger charge is 2.18. The summed E-state index contributed by atoms with van der Waals surface area (Å²) in [7, 11) is 0. The molecule has 0 saturated heterocycles. The van der Waals surface area contributed by atoms with Gasteiger partial charge in [-0.1, -0.05) is 37.1 Å². The van der Waals surface area contributed by atoms with E-state index in [0.717, 1.165) is 12.8 Å². The van der Waals surface area contributed by atoms with Crippen molar-refractivity contribution in [2.24, 2.45) is 0 Å². The van der Waals surface area contributed by atoms with Gasteiger partial charge in [0.1, 0.15) is 5.75 Å². The molecular weight excluding hydrogens is 292 g/mol. The van der Waals surface area contributed by atoms with Gasteiger partial charge in [0.2, 0.25) is 5.78 Å². The van der Waals surface area contributed by atoms with Crippen molar-refractivity contribution < 1.29 is 9.53 Å². The quantitative estimate of drug-likeness (QED) is 0.702. The third-order valence-electron chi connectivity index (χ3n) is 2.96. The monoisotopic (exact) mass is 308 g/mol. The predicted molar refractivity (Wildman–Crippen MR) is 84.2 cm³/mol. The molecular formula is C16H17ClO2S. The lowest BCUT2D eigenvalue weighted by Crippen LogP contribution is -2.23. The normalized spacial score (nSPS) is 12.2. The molecule has 0 radical (unpaired) electrons. The molecule has 2 nitrogen and oxygen atoms in total. The zero-order valence-electron chi connectivity index (χ0n) is 11.6. The zero-order chi connectivity index (χ0) is 14.5. The Labute approximate surface area is 128 Å². The van der Waals surface area contributed by atoms with E-state index in [2.05, 4.69) is 6.92 Å². The fraction of sp³-hybridized carbons (Fsp3) is 0.312. The average molecular weight is 309 g/mol. The van der Waals surface area contributed by atoms with Crippen molar-refractivity contribution in [3.8, 4) is 5.75 Å². The highest BCUT2D eigenvalue weighted by atomic mass is 35.5. The van der Waals surface area contributed by atoms with Crippen molar-refractivity contribution in [1.82, 2.24) is 0 Å². The first-order valence-corrected chi connectivity index (χ1v) is 7.84. The number of ether oxygens (including phenoxy) is 1. The number of rotatable bonds is 6. The van der Waals surface area contributed by atoms with Crippen molar-refractivity contribution in [2.45, 2.75) is 32.8 Å². The molecule has 2 aromatic rings. The van der Waals surface area contributed by atoms with Crippen LogP contribution in [-0.2, 0) is 6.42 Å². The number of aryl methyl sites for hydroxylation is 1. The van der Waals surface area contributed by atoms with E-state index in [9.17, 15) is 4.79 Å². The molecule has 1 heterocycles. The van der Waals surface area contributed by atoms with Gasteiger partial charge in [0, 0.05) is 0 Å². The number of thiophene rings is 1. The maximum absolute atomic E-state index is 12.2. The van der Waals surface area contributed by atoms with E-state index in [4.69, 9.17) is 16.3 Å². The molecule has 20 heavy (non-hydrogen) atoms. The van der Waals surface area contributed by atoms with Crippen LogP contribution in [0.25, 0.3) is 0 Å². The Morgan fingerprint density at radius 3 is 2.50 bits per heavy atom. The van der Waals surface area contributed by atoms with Crippen LogP contribution < -0.4 is 4.74 Å². The van der Waals surface area contributed by atoms with Gasteiger partial charge in [-0.05, 0) is 43.2 Å². The van der Waals surface area contributed by atoms with Crippen molar-refractivity contribution in [1.29, 1.82) is 0 Å². The second kappa shape index (κ2) is 6.91. The van der Waals surface area contributed by atoms with E-state index in [1.54, 1.807) is 19.1 Å². The van der Waals surface area contributed by atoms with Crippen LogP contribution in [0.4, 0.5) is 0 Å². The van der Waals surface area contributed by atoms with E-state index >= 15 is 0 Å². The van der Waals surface area contributed by atoms with Crippen LogP contribution in [0.15, 0.2) is 36.4 Å². The van der Waals surface area contributed by atoms with Crippen LogP contribution in [0.1, 0.15) is 35.5 Å². The Bertz CT molecular complexity index is 574. The van der Waals surface area contributed by atoms with Gasteiger partial charge >= 0.3 is 0 Å². The third-order valence-corrected chi connectivity index (χ3v) is 4.21. The van der Waals surface area contributed by atoms with Gasteiger partial charge in [-0.2, -0.15) is 0 Å². The van der Waals surface area contributed by atoms with Gasteiger partial charge < -0.3 is 4.74 Å². The van der Waals surface area contributed by atoms with Crippen molar-refractivity contribution in [2.75, 3.05) is 0 Å². The Hall–Kier alpha value is -1.32. The minimum Gasteiger partial charge on any atom is -0.483 e. The number of hydrogen-bond donors (Lipinski definition) is 0. The first-order valence-electron chi connectivity index (χ1n) is 6.65. The van der Waals surface area contributed by atoms with E-state index in [1.807, 2.05) is 24.3 Å². The van der Waals surface area contributed by atoms with Crippen molar-refractivity contribution >= 4 is 28.7 Å². The standard InChI is InChI=1S/C16H17ClO2S/c1-3-4-12-5-7-13(8-6-12)19-11(2)16(18)14-9-10-15(17)20-14/h5-11H,3-4H2,1-2H3. The highest BCUT2D eigenvalue weighted by Crippen LogP contribution is 2.24. The van der Waals surface area contributed by atoms with Gasteiger partial charge in [-0.3, -0.25) is 4.79 Å². The molecule has 0 bridgehead atoms. The van der Waals surface area contributed by atoms with Crippen LogP contribution in [-0.4, -0.2) is 11.9 Å². The summed E-state index contributed by atoms with van der Waals surface area (Å²) in [5.74, 6) is 0.674. The summed E-state index contributed by atoms with van der Waals surface area (Å²) in [4.78, 5) is 12.8. The lowest BCUT2D eigenvalue weighted by Gasteiger charge is -2.13. The lowest BCUT2D eigenvalue weighted by atomic mass is 10.1. The van der Waals surface area contributed by atoms with Crippen molar-refractivity contribution in [3.05, 3.63) is 51.2 Å². The molecule has 1 aromatic heterocycles. The maximum Gasteiger partial charge on any atom is 0.212 e. The van der Waals surface area contributed by atoms with E-state index in [0.29, 0.717) is 15.0 Å². The van der Waals surface area contributed by atoms with Crippen molar-refractivity contribution in [3.63, 3.8) is 0 Å². The molecule has 0 amide bonds. The Kier molecular flexibility index (Phi) is 5.21. The van der Waals surface area contributed by atoms with E-state index < -0.39 is 6.10 Å². The molecule has 0 fully saturated rings. The van der Waals surface area contributed by atoms with E-state index in [1.165, 1.54) is 16.9 Å². The van der Waals surface area contributed by atoms with Gasteiger partial charge in [0.05, 0.1) is 9.21 Å². The fourth-order valence-electron chi connectivity index (χ4n) is 1.93. The Balaban J connectivity index is 2.00. The maximum atomic E-state index is 12.2. The number of carbonyl (C=O) groups is 1. The Morgan fingerprint density at radius 1 is 1.25 bits per heavy atom. The number of benzene rings is 1. The molecule has 0 aliphatic rings. The van der Waals surface area contributed by atoms with Crippen LogP contribution in [0, 0.1) is 0 Å². The molecule has 2 rings (SSSR count). The zero-order valence-corrected chi connectivity index (χ0v) is 13.1. The van der Waals surface area contributed by atoms with Crippen LogP contribution in [0.2, 0.25) is 4.34 Å². The minimum atomic E-state index is -0.512. The summed E-state index contributed by atoms with van der Waals surface area (Å²) in [6, 6.07) is 11.4. The molecule has 4 heteroatoms. The molecule has 106 valence electrons. The fourth-order valence-corrected chi connectivity index (χ4v) is 2.99. The van der Waals surface area contributed by atoms with Gasteiger partial charge in [-0.25, -0.2) is 0 Å². The second-order valence-electron chi connectivity index (χ2n) is 4.62. The molecule has 0 N–H and O–H groups in total. The SMILES string of the molecule is CCCc1ccc(OC(C)C(=O)c2ccc(Cl)s2)cc1. The van der Waals surface area contributed by atoms with Gasteiger partial charge in [-0.15, -0.1) is 11.3 Å². The minimum absolute atomic E-state index is 0.0421. The molecule has 1 unspecified atom stereocenters. The van der Waals surface area contributed by atoms with Crippen LogP contribution in [0.5, 0.6) is 5.75 Å². The Morgan fingerprint density at radius 2 is 1.95 bits per heavy atom. The molecule has 1 atom stereocenters. The number of Topliss-reactive ketones (excluding diaryl/α,β-unsaturated/α-hetero) is 1.